The maximum atomic E-state index is 13.0. The fourth-order valence-corrected chi connectivity index (χ4v) is 4.19. The first-order valence-corrected chi connectivity index (χ1v) is 12.2. The summed E-state index contributed by atoms with van der Waals surface area (Å²) in [4.78, 5) is 26.0. The van der Waals surface area contributed by atoms with Crippen LogP contribution in [-0.2, 0) is 10.2 Å². The first-order chi connectivity index (χ1) is 17.3. The molecular weight excluding hydrogens is 470 g/mol. The SMILES string of the molecule is CC(Oc1ccc(C(C)(C)c2ccccc2)cc1)C(=O)Nc1ccc(Cl)cc1C(=O)c1ccccc1. The molecule has 0 heterocycles. The summed E-state index contributed by atoms with van der Waals surface area (Å²) in [6.07, 6.45) is -0.784. The second-order valence-corrected chi connectivity index (χ2v) is 9.59. The van der Waals surface area contributed by atoms with Crippen molar-refractivity contribution in [2.24, 2.45) is 0 Å². The highest BCUT2D eigenvalue weighted by Gasteiger charge is 2.24. The van der Waals surface area contributed by atoms with Gasteiger partial charge in [0.05, 0.1) is 5.69 Å². The number of hydrogen-bond donors (Lipinski definition) is 1. The van der Waals surface area contributed by atoms with Crippen LogP contribution < -0.4 is 10.1 Å². The van der Waals surface area contributed by atoms with E-state index in [-0.39, 0.29) is 17.1 Å². The lowest BCUT2D eigenvalue weighted by Crippen LogP contribution is -2.30. The third-order valence-electron chi connectivity index (χ3n) is 6.27. The lowest BCUT2D eigenvalue weighted by molar-refractivity contribution is -0.122. The van der Waals surface area contributed by atoms with Crippen LogP contribution >= 0.6 is 11.6 Å². The van der Waals surface area contributed by atoms with E-state index in [1.165, 1.54) is 5.56 Å². The Bertz CT molecular complexity index is 1350. The number of hydrogen-bond acceptors (Lipinski definition) is 3. The van der Waals surface area contributed by atoms with Crippen LogP contribution in [0.15, 0.2) is 103 Å². The first-order valence-electron chi connectivity index (χ1n) is 11.8. The van der Waals surface area contributed by atoms with E-state index in [1.807, 2.05) is 48.5 Å². The molecule has 1 unspecified atom stereocenters. The van der Waals surface area contributed by atoms with Crippen molar-refractivity contribution in [3.63, 3.8) is 0 Å². The minimum Gasteiger partial charge on any atom is -0.481 e. The fourth-order valence-electron chi connectivity index (χ4n) is 4.02. The van der Waals surface area contributed by atoms with Crippen molar-refractivity contribution >= 4 is 29.0 Å². The molecule has 0 saturated heterocycles. The Balaban J connectivity index is 1.46. The van der Waals surface area contributed by atoms with Gasteiger partial charge in [0.2, 0.25) is 0 Å². The van der Waals surface area contributed by atoms with Crippen molar-refractivity contribution in [2.45, 2.75) is 32.3 Å². The molecule has 0 saturated carbocycles. The van der Waals surface area contributed by atoms with Gasteiger partial charge in [-0.3, -0.25) is 9.59 Å². The van der Waals surface area contributed by atoms with Crippen LogP contribution in [0.2, 0.25) is 5.02 Å². The highest BCUT2D eigenvalue weighted by molar-refractivity contribution is 6.31. The van der Waals surface area contributed by atoms with Gasteiger partial charge in [0.1, 0.15) is 5.75 Å². The Labute approximate surface area is 216 Å². The van der Waals surface area contributed by atoms with Gasteiger partial charge in [0.15, 0.2) is 11.9 Å². The number of rotatable bonds is 8. The molecule has 4 aromatic carbocycles. The summed E-state index contributed by atoms with van der Waals surface area (Å²) in [7, 11) is 0. The summed E-state index contributed by atoms with van der Waals surface area (Å²) in [6, 6.07) is 31.8. The van der Waals surface area contributed by atoms with Crippen LogP contribution in [0.3, 0.4) is 0 Å². The largest absolute Gasteiger partial charge is 0.481 e. The maximum absolute atomic E-state index is 13.0. The molecule has 182 valence electrons. The third kappa shape index (κ3) is 5.67. The van der Waals surface area contributed by atoms with Crippen molar-refractivity contribution < 1.29 is 14.3 Å². The maximum Gasteiger partial charge on any atom is 0.265 e. The molecule has 1 atom stereocenters. The van der Waals surface area contributed by atoms with Crippen LogP contribution in [0, 0.1) is 0 Å². The van der Waals surface area contributed by atoms with Crippen molar-refractivity contribution in [1.29, 1.82) is 0 Å². The third-order valence-corrected chi connectivity index (χ3v) is 6.51. The number of ether oxygens (including phenoxy) is 1. The van der Waals surface area contributed by atoms with E-state index < -0.39 is 6.10 Å². The summed E-state index contributed by atoms with van der Waals surface area (Å²) in [5.41, 5.74) is 3.41. The molecule has 4 aromatic rings. The molecule has 0 radical (unpaired) electrons. The van der Waals surface area contributed by atoms with Crippen molar-refractivity contribution in [3.8, 4) is 5.75 Å². The van der Waals surface area contributed by atoms with E-state index in [9.17, 15) is 9.59 Å². The average molecular weight is 498 g/mol. The topological polar surface area (TPSA) is 55.4 Å². The van der Waals surface area contributed by atoms with E-state index in [0.717, 1.165) is 5.56 Å². The molecule has 4 rings (SSSR count). The Morgan fingerprint density at radius 1 is 0.806 bits per heavy atom. The van der Waals surface area contributed by atoms with E-state index >= 15 is 0 Å². The second kappa shape index (κ2) is 10.8. The zero-order valence-corrected chi connectivity index (χ0v) is 21.3. The van der Waals surface area contributed by atoms with Crippen LogP contribution in [0.25, 0.3) is 0 Å². The smallest absolute Gasteiger partial charge is 0.265 e. The van der Waals surface area contributed by atoms with Crippen molar-refractivity contribution in [1.82, 2.24) is 0 Å². The number of nitrogens with one attached hydrogen (secondary N) is 1. The van der Waals surface area contributed by atoms with E-state index in [0.29, 0.717) is 27.6 Å². The summed E-state index contributed by atoms with van der Waals surface area (Å²) in [5.74, 6) is -0.00586. The number of anilines is 1. The molecule has 0 bridgehead atoms. The summed E-state index contributed by atoms with van der Waals surface area (Å²) in [6.45, 7) is 6.02. The van der Waals surface area contributed by atoms with Crippen molar-refractivity contribution in [3.05, 3.63) is 130 Å². The van der Waals surface area contributed by atoms with Gasteiger partial charge in [-0.25, -0.2) is 0 Å². The number of amides is 1. The van der Waals surface area contributed by atoms with Crippen molar-refractivity contribution in [2.75, 3.05) is 5.32 Å². The second-order valence-electron chi connectivity index (χ2n) is 9.15. The standard InChI is InChI=1S/C31H28ClNO3/c1-21(36-26-17-14-24(15-18-26)31(2,3)23-12-8-5-9-13-23)30(35)33-28-19-16-25(32)20-27(28)29(34)22-10-6-4-7-11-22/h4-21H,1-3H3,(H,33,35). The molecule has 0 spiro atoms. The van der Waals surface area contributed by atoms with E-state index in [1.54, 1.807) is 49.4 Å². The molecule has 4 nitrogen and oxygen atoms in total. The average Bonchev–Trinajstić information content (AvgIpc) is 2.90. The predicted molar refractivity (Wildman–Crippen MR) is 145 cm³/mol. The molecule has 1 amide bonds. The van der Waals surface area contributed by atoms with E-state index in [2.05, 4.69) is 31.3 Å². The Kier molecular flexibility index (Phi) is 7.56. The fraction of sp³-hybridized carbons (Fsp3) is 0.161. The van der Waals surface area contributed by atoms with Crippen LogP contribution in [0.5, 0.6) is 5.75 Å². The monoisotopic (exact) mass is 497 g/mol. The number of carbonyl (C=O) groups excluding carboxylic acids is 2. The molecule has 0 fully saturated rings. The minimum absolute atomic E-state index is 0.168. The van der Waals surface area contributed by atoms with Gasteiger partial charge >= 0.3 is 0 Å². The molecule has 1 N–H and O–H groups in total. The molecule has 0 aliphatic carbocycles. The Hall–Kier alpha value is -3.89. The highest BCUT2D eigenvalue weighted by Crippen LogP contribution is 2.32. The summed E-state index contributed by atoms with van der Waals surface area (Å²) in [5, 5.41) is 3.23. The van der Waals surface area contributed by atoms with E-state index in [4.69, 9.17) is 16.3 Å². The molecule has 0 aromatic heterocycles. The minimum atomic E-state index is -0.784. The quantitative estimate of drug-likeness (QED) is 0.260. The van der Waals surface area contributed by atoms with Gasteiger partial charge in [0, 0.05) is 21.6 Å². The number of benzene rings is 4. The van der Waals surface area contributed by atoms with Crippen LogP contribution in [0.4, 0.5) is 5.69 Å². The molecule has 0 aliphatic rings. The summed E-state index contributed by atoms with van der Waals surface area (Å²) < 4.78 is 5.91. The van der Waals surface area contributed by atoms with Crippen LogP contribution in [-0.4, -0.2) is 17.8 Å². The number of ketones is 1. The van der Waals surface area contributed by atoms with Gasteiger partial charge in [0.25, 0.3) is 5.91 Å². The Morgan fingerprint density at radius 2 is 1.39 bits per heavy atom. The van der Waals surface area contributed by atoms with Gasteiger partial charge in [-0.1, -0.05) is 98.2 Å². The predicted octanol–water partition coefficient (Wildman–Crippen LogP) is 7.30. The lowest BCUT2D eigenvalue weighted by Gasteiger charge is -2.26. The van der Waals surface area contributed by atoms with Gasteiger partial charge in [-0.05, 0) is 48.4 Å². The first kappa shape index (κ1) is 25.2. The van der Waals surface area contributed by atoms with Gasteiger partial charge in [-0.2, -0.15) is 0 Å². The van der Waals surface area contributed by atoms with Crippen LogP contribution in [0.1, 0.15) is 47.8 Å². The molecule has 36 heavy (non-hydrogen) atoms. The normalized spacial score (nSPS) is 12.0. The molecular formula is C31H28ClNO3. The number of halogens is 1. The zero-order chi connectivity index (χ0) is 25.7. The van der Waals surface area contributed by atoms with Gasteiger partial charge in [-0.15, -0.1) is 0 Å². The molecule has 0 aliphatic heterocycles. The highest BCUT2D eigenvalue weighted by atomic mass is 35.5. The zero-order valence-electron chi connectivity index (χ0n) is 20.5. The van der Waals surface area contributed by atoms with Gasteiger partial charge < -0.3 is 10.1 Å². The molecule has 5 heteroatoms. The summed E-state index contributed by atoms with van der Waals surface area (Å²) >= 11 is 6.15. The number of carbonyl (C=O) groups is 2. The lowest BCUT2D eigenvalue weighted by atomic mass is 9.78. The Morgan fingerprint density at radius 3 is 2.03 bits per heavy atom.